The lowest BCUT2D eigenvalue weighted by molar-refractivity contribution is -0.579. The normalized spacial score (nSPS) is 17.8. The van der Waals surface area contributed by atoms with Crippen molar-refractivity contribution in [3.63, 3.8) is 0 Å². The lowest BCUT2D eigenvalue weighted by atomic mass is 10.1. The molecule has 0 atom stereocenters. The van der Waals surface area contributed by atoms with Crippen molar-refractivity contribution in [2.45, 2.75) is 19.3 Å². The fourth-order valence-corrected chi connectivity index (χ4v) is 5.29. The highest BCUT2D eigenvalue weighted by atomic mass is 32.1. The molecular formula is C17H17N6OS+. The van der Waals surface area contributed by atoms with Crippen LogP contribution in [0.1, 0.15) is 17.5 Å². The Morgan fingerprint density at radius 3 is 2.96 bits per heavy atom. The van der Waals surface area contributed by atoms with E-state index in [1.165, 1.54) is 28.8 Å². The van der Waals surface area contributed by atoms with Crippen LogP contribution in [0.25, 0.3) is 26.1 Å². The maximum atomic E-state index is 5.52. The first kappa shape index (κ1) is 13.9. The second kappa shape index (κ2) is 5.09. The van der Waals surface area contributed by atoms with Crippen LogP contribution in [0.5, 0.6) is 0 Å². The molecule has 0 bridgehead atoms. The first-order valence-corrected chi connectivity index (χ1v) is 9.52. The average molecular weight is 353 g/mol. The van der Waals surface area contributed by atoms with E-state index in [9.17, 15) is 0 Å². The molecule has 0 unspecified atom stereocenters. The molecule has 5 heterocycles. The minimum Gasteiger partial charge on any atom is -0.378 e. The van der Waals surface area contributed by atoms with Gasteiger partial charge in [-0.2, -0.15) is 0 Å². The highest BCUT2D eigenvalue weighted by molar-refractivity contribution is 7.26. The molecule has 1 N–H and O–H groups in total. The molecule has 0 aromatic carbocycles. The van der Waals surface area contributed by atoms with Gasteiger partial charge in [0, 0.05) is 13.1 Å². The van der Waals surface area contributed by atoms with Crippen LogP contribution in [0.4, 0.5) is 5.82 Å². The van der Waals surface area contributed by atoms with Crippen molar-refractivity contribution in [3.05, 3.63) is 23.8 Å². The Labute approximate surface area is 147 Å². The third-order valence-electron chi connectivity index (χ3n) is 5.29. The van der Waals surface area contributed by atoms with Gasteiger partial charge in [0.25, 0.3) is 0 Å². The number of aryl methyl sites for hydroxylation is 1. The predicted molar refractivity (Wildman–Crippen MR) is 95.3 cm³/mol. The van der Waals surface area contributed by atoms with Crippen LogP contribution in [-0.4, -0.2) is 46.4 Å². The Kier molecular flexibility index (Phi) is 2.83. The molecule has 1 aliphatic carbocycles. The number of aromatic amines is 1. The van der Waals surface area contributed by atoms with E-state index in [1.807, 2.05) is 10.8 Å². The van der Waals surface area contributed by atoms with Crippen molar-refractivity contribution in [2.24, 2.45) is 0 Å². The number of H-pyrrole nitrogens is 1. The summed E-state index contributed by atoms with van der Waals surface area (Å²) < 4.78 is 8.50. The summed E-state index contributed by atoms with van der Waals surface area (Å²) in [5.74, 6) is 1.17. The maximum Gasteiger partial charge on any atom is 0.307 e. The SMILES string of the molecule is c1nc2c3sc4nc(N5CCOCC5)c5c(c4c3nc[n+]2[nH]1)CCC5. The standard InChI is InChI=1S/C17H16N6OS/c1-2-10-11(3-1)15(22-4-6-24-7-5-22)21-17-12(10)13-14(25-17)16-18-8-20-23(16)9-19-13/h8-9H,1-7H2/p+1. The van der Waals surface area contributed by atoms with Gasteiger partial charge in [-0.15, -0.1) is 20.8 Å². The molecule has 6 rings (SSSR count). The van der Waals surface area contributed by atoms with Gasteiger partial charge >= 0.3 is 5.65 Å². The molecule has 4 aromatic heterocycles. The quantitative estimate of drug-likeness (QED) is 0.527. The third-order valence-corrected chi connectivity index (χ3v) is 6.36. The van der Waals surface area contributed by atoms with Crippen LogP contribution in [0.3, 0.4) is 0 Å². The number of morpholine rings is 1. The zero-order valence-corrected chi connectivity index (χ0v) is 14.5. The summed E-state index contributed by atoms with van der Waals surface area (Å²) in [7, 11) is 0. The van der Waals surface area contributed by atoms with Gasteiger partial charge in [-0.3, -0.25) is 0 Å². The monoisotopic (exact) mass is 353 g/mol. The molecule has 0 amide bonds. The molecule has 0 radical (unpaired) electrons. The van der Waals surface area contributed by atoms with Crippen LogP contribution in [0.2, 0.25) is 0 Å². The Hall–Kier alpha value is -2.32. The molecule has 1 aliphatic heterocycles. The molecule has 1 saturated heterocycles. The smallest absolute Gasteiger partial charge is 0.307 e. The van der Waals surface area contributed by atoms with Crippen molar-refractivity contribution < 1.29 is 9.25 Å². The number of pyridine rings is 1. The Morgan fingerprint density at radius 1 is 1.16 bits per heavy atom. The van der Waals surface area contributed by atoms with Crippen molar-refractivity contribution >= 4 is 43.2 Å². The summed E-state index contributed by atoms with van der Waals surface area (Å²) in [5, 5.41) is 4.32. The highest BCUT2D eigenvalue weighted by Crippen LogP contribution is 2.42. The number of aromatic nitrogens is 5. The number of hydrogen-bond acceptors (Lipinski definition) is 6. The number of rotatable bonds is 1. The number of nitrogens with zero attached hydrogens (tertiary/aromatic N) is 5. The van der Waals surface area contributed by atoms with Crippen molar-refractivity contribution in [3.8, 4) is 0 Å². The second-order valence-corrected chi connectivity index (χ2v) is 7.63. The number of thiophene rings is 1. The molecule has 0 spiro atoms. The third kappa shape index (κ3) is 1.89. The van der Waals surface area contributed by atoms with Crippen LogP contribution < -0.4 is 9.42 Å². The number of fused-ring (bicyclic) bond motifs is 7. The second-order valence-electron chi connectivity index (χ2n) is 6.63. The molecule has 2 aliphatic rings. The molecule has 1 fully saturated rings. The van der Waals surface area contributed by atoms with E-state index in [-0.39, 0.29) is 0 Å². The van der Waals surface area contributed by atoms with Crippen LogP contribution in [0.15, 0.2) is 12.7 Å². The molecule has 8 heteroatoms. The van der Waals surface area contributed by atoms with Gasteiger partial charge < -0.3 is 9.64 Å². The largest absolute Gasteiger partial charge is 0.378 e. The molecular weight excluding hydrogens is 336 g/mol. The Balaban J connectivity index is 1.69. The van der Waals surface area contributed by atoms with Gasteiger partial charge in [-0.05, 0) is 30.4 Å². The predicted octanol–water partition coefficient (Wildman–Crippen LogP) is 1.63. The van der Waals surface area contributed by atoms with E-state index in [4.69, 9.17) is 14.7 Å². The zero-order chi connectivity index (χ0) is 16.4. The molecule has 126 valence electrons. The van der Waals surface area contributed by atoms with Gasteiger partial charge in [-0.1, -0.05) is 4.98 Å². The van der Waals surface area contributed by atoms with Crippen LogP contribution in [-0.2, 0) is 17.6 Å². The van der Waals surface area contributed by atoms with E-state index in [0.717, 1.165) is 59.8 Å². The number of hydrogen-bond donors (Lipinski definition) is 1. The average Bonchev–Trinajstić information content (AvgIpc) is 3.37. The van der Waals surface area contributed by atoms with Crippen LogP contribution in [0, 0.1) is 0 Å². The van der Waals surface area contributed by atoms with Gasteiger partial charge in [0.15, 0.2) is 16.5 Å². The van der Waals surface area contributed by atoms with Gasteiger partial charge in [0.1, 0.15) is 10.6 Å². The number of nitrogens with one attached hydrogen (secondary N) is 1. The van der Waals surface area contributed by atoms with E-state index >= 15 is 0 Å². The summed E-state index contributed by atoms with van der Waals surface area (Å²) in [5.41, 5.74) is 4.84. The van der Waals surface area contributed by atoms with Gasteiger partial charge in [0.05, 0.1) is 18.6 Å². The summed E-state index contributed by atoms with van der Waals surface area (Å²) in [6, 6.07) is 0. The van der Waals surface area contributed by atoms with Gasteiger partial charge in [0.2, 0.25) is 6.33 Å². The maximum absolute atomic E-state index is 5.52. The van der Waals surface area contributed by atoms with Crippen molar-refractivity contribution in [1.82, 2.24) is 20.1 Å². The Bertz CT molecular complexity index is 1130. The minimum absolute atomic E-state index is 0.785. The highest BCUT2D eigenvalue weighted by Gasteiger charge is 2.28. The zero-order valence-electron chi connectivity index (χ0n) is 13.7. The molecule has 0 saturated carbocycles. The fourth-order valence-electron chi connectivity index (χ4n) is 4.15. The fraction of sp³-hybridized carbons (Fsp3) is 0.412. The van der Waals surface area contributed by atoms with Crippen molar-refractivity contribution in [2.75, 3.05) is 31.2 Å². The summed E-state index contributed by atoms with van der Waals surface area (Å²) in [4.78, 5) is 17.8. The molecule has 7 nitrogen and oxygen atoms in total. The summed E-state index contributed by atoms with van der Waals surface area (Å²) in [6.45, 7) is 3.42. The molecule has 25 heavy (non-hydrogen) atoms. The minimum atomic E-state index is 0.785. The topological polar surface area (TPSA) is 71.0 Å². The van der Waals surface area contributed by atoms with Crippen molar-refractivity contribution in [1.29, 1.82) is 0 Å². The van der Waals surface area contributed by atoms with Gasteiger partial charge in [-0.25, -0.2) is 10.1 Å². The first-order valence-electron chi connectivity index (χ1n) is 8.70. The summed E-state index contributed by atoms with van der Waals surface area (Å²) in [6.07, 6.45) is 6.95. The Morgan fingerprint density at radius 2 is 2.04 bits per heavy atom. The van der Waals surface area contributed by atoms with E-state index in [1.54, 1.807) is 17.7 Å². The number of ether oxygens (including phenoxy) is 1. The van der Waals surface area contributed by atoms with E-state index in [2.05, 4.69) is 15.0 Å². The van der Waals surface area contributed by atoms with Crippen LogP contribution >= 0.6 is 11.3 Å². The van der Waals surface area contributed by atoms with E-state index < -0.39 is 0 Å². The first-order chi connectivity index (χ1) is 12.4. The lowest BCUT2D eigenvalue weighted by Crippen LogP contribution is -2.37. The van der Waals surface area contributed by atoms with E-state index in [0.29, 0.717) is 0 Å². The molecule has 4 aromatic rings. The number of anilines is 1. The lowest BCUT2D eigenvalue weighted by Gasteiger charge is -2.29. The summed E-state index contributed by atoms with van der Waals surface area (Å²) >= 11 is 1.71.